The fourth-order valence-electron chi connectivity index (χ4n) is 9.92. The number of Topliss-reactive ketones (excluding diaryl/α,β-unsaturated/α-hetero) is 1. The van der Waals surface area contributed by atoms with Crippen LogP contribution in [0.4, 0.5) is 4.79 Å². The van der Waals surface area contributed by atoms with Gasteiger partial charge in [-0.15, -0.1) is 0 Å². The van der Waals surface area contributed by atoms with Crippen LogP contribution >= 0.6 is 0 Å². The molecule has 62 heavy (non-hydrogen) atoms. The van der Waals surface area contributed by atoms with Crippen molar-refractivity contribution in [3.8, 4) is 0 Å². The Bertz CT molecular complexity index is 2140. The summed E-state index contributed by atoms with van der Waals surface area (Å²) in [6.45, 7) is 14.7. The van der Waals surface area contributed by atoms with Gasteiger partial charge in [-0.05, 0) is 70.4 Å². The molecule has 0 spiro atoms. The lowest BCUT2D eigenvalue weighted by molar-refractivity contribution is -0.346. The van der Waals surface area contributed by atoms with E-state index in [0.29, 0.717) is 5.56 Å². The quantitative estimate of drug-likeness (QED) is 0.158. The van der Waals surface area contributed by atoms with Crippen molar-refractivity contribution >= 4 is 35.8 Å². The van der Waals surface area contributed by atoms with Crippen LogP contribution in [0.25, 0.3) is 0 Å². The summed E-state index contributed by atoms with van der Waals surface area (Å²) in [5.74, 6) is -6.30. The molecule has 1 amide bonds. The number of carbonyl (C=O) groups is 6. The number of amides is 1. The number of fused-ring (bicyclic) bond motifs is 5. The first kappa shape index (κ1) is 46.3. The molecule has 2 bridgehead atoms. The van der Waals surface area contributed by atoms with E-state index in [1.165, 1.54) is 26.0 Å². The first-order chi connectivity index (χ1) is 28.8. The van der Waals surface area contributed by atoms with Crippen LogP contribution in [-0.2, 0) is 47.6 Å². The molecule has 0 radical (unpaired) electrons. The molecule has 16 heteroatoms. The summed E-state index contributed by atoms with van der Waals surface area (Å²) in [6, 6.07) is 13.1. The molecule has 336 valence electrons. The van der Waals surface area contributed by atoms with Gasteiger partial charge in [0.15, 0.2) is 23.6 Å². The molecule has 16 nitrogen and oxygen atoms in total. The van der Waals surface area contributed by atoms with Gasteiger partial charge in [-0.25, -0.2) is 14.4 Å². The van der Waals surface area contributed by atoms with E-state index in [1.54, 1.807) is 77.1 Å². The van der Waals surface area contributed by atoms with Crippen LogP contribution in [0.5, 0.6) is 0 Å². The molecule has 11 atom stereocenters. The van der Waals surface area contributed by atoms with Gasteiger partial charge in [-0.2, -0.15) is 0 Å². The van der Waals surface area contributed by atoms with Crippen LogP contribution in [-0.4, -0.2) is 111 Å². The monoisotopic (exact) mass is 863 g/mol. The lowest BCUT2D eigenvalue weighted by Gasteiger charge is -2.67. The smallest absolute Gasteiger partial charge is 0.408 e. The molecule has 3 fully saturated rings. The van der Waals surface area contributed by atoms with Crippen LogP contribution in [0.1, 0.15) is 103 Å². The standard InChI is InChI=1S/C46H57NO15/c1-23-16-18-27(19-17-23)33(47-41(55)62-42(5,6)7)34(51)40(54)59-29-21-46(56)38(60-39(53)28-14-12-11-13-15-28)36-44(10,30(50)20-31-45(36,22-57-31)61-26(4)49)37(52)35(58-25(3)48)32(24(29)2)43(46,8)9/h11-19,29-31,33-36,38,50-51,56H,20-22H2,1-10H3,(H,47,55)/t29-,30-,31+,33-,34+,35+,36-,38-,44+,45-,46+/m0/s1. The van der Waals surface area contributed by atoms with Gasteiger partial charge in [0.25, 0.3) is 0 Å². The number of aliphatic hydroxyl groups excluding tert-OH is 2. The molecule has 4 aliphatic rings. The zero-order valence-electron chi connectivity index (χ0n) is 36.7. The summed E-state index contributed by atoms with van der Waals surface area (Å²) in [5.41, 5.74) is -7.44. The maximum absolute atomic E-state index is 15.5. The summed E-state index contributed by atoms with van der Waals surface area (Å²) in [7, 11) is 0. The first-order valence-electron chi connectivity index (χ1n) is 20.6. The second-order valence-electron chi connectivity index (χ2n) is 18.7. The largest absolute Gasteiger partial charge is 0.456 e. The van der Waals surface area contributed by atoms with Crippen molar-refractivity contribution in [2.24, 2.45) is 16.7 Å². The van der Waals surface area contributed by atoms with Crippen molar-refractivity contribution < 1.29 is 72.5 Å². The number of hydrogen-bond acceptors (Lipinski definition) is 15. The summed E-state index contributed by atoms with van der Waals surface area (Å²) in [4.78, 5) is 83.1. The number of carbonyl (C=O) groups excluding carboxylic acids is 6. The van der Waals surface area contributed by atoms with Crippen molar-refractivity contribution in [3.63, 3.8) is 0 Å². The van der Waals surface area contributed by atoms with Crippen molar-refractivity contribution in [1.82, 2.24) is 5.32 Å². The molecule has 2 aromatic carbocycles. The molecule has 2 aromatic rings. The van der Waals surface area contributed by atoms with Gasteiger partial charge < -0.3 is 49.1 Å². The van der Waals surface area contributed by atoms with Gasteiger partial charge in [-0.3, -0.25) is 14.4 Å². The summed E-state index contributed by atoms with van der Waals surface area (Å²) < 4.78 is 35.7. The number of aliphatic hydroxyl groups is 3. The zero-order chi connectivity index (χ0) is 45.9. The summed E-state index contributed by atoms with van der Waals surface area (Å²) >= 11 is 0. The van der Waals surface area contributed by atoms with Gasteiger partial charge in [0, 0.05) is 32.1 Å². The van der Waals surface area contributed by atoms with Crippen molar-refractivity contribution in [2.75, 3.05) is 6.61 Å². The molecular formula is C46H57NO15. The number of ether oxygens (including phenoxy) is 6. The number of aryl methyl sites for hydroxylation is 1. The molecule has 6 rings (SSSR count). The minimum atomic E-state index is -2.40. The normalized spacial score (nSPS) is 32.2. The Balaban J connectivity index is 1.54. The maximum Gasteiger partial charge on any atom is 0.408 e. The molecule has 2 saturated carbocycles. The Kier molecular flexibility index (Phi) is 12.3. The number of nitrogens with one attached hydrogen (secondary N) is 1. The number of alkyl carbamates (subject to hydrolysis) is 1. The average Bonchev–Trinajstić information content (AvgIpc) is 3.17. The Morgan fingerprint density at radius 3 is 2.08 bits per heavy atom. The molecule has 1 saturated heterocycles. The van der Waals surface area contributed by atoms with E-state index in [-0.39, 0.29) is 29.7 Å². The van der Waals surface area contributed by atoms with Crippen LogP contribution in [0, 0.1) is 23.7 Å². The summed E-state index contributed by atoms with van der Waals surface area (Å²) in [6.07, 6.45) is -11.5. The lowest BCUT2D eigenvalue weighted by atomic mass is 9.44. The fraction of sp³-hybridized carbons (Fsp3) is 0.565. The van der Waals surface area contributed by atoms with Crippen molar-refractivity contribution in [1.29, 1.82) is 0 Å². The topological polar surface area (TPSA) is 231 Å². The Morgan fingerprint density at radius 1 is 0.903 bits per heavy atom. The third-order valence-corrected chi connectivity index (χ3v) is 13.1. The van der Waals surface area contributed by atoms with Crippen LogP contribution in [0.2, 0.25) is 0 Å². The first-order valence-corrected chi connectivity index (χ1v) is 20.6. The highest BCUT2D eigenvalue weighted by molar-refractivity contribution is 5.95. The van der Waals surface area contributed by atoms with Crippen LogP contribution in [0.15, 0.2) is 65.7 Å². The predicted molar refractivity (Wildman–Crippen MR) is 218 cm³/mol. The zero-order valence-corrected chi connectivity index (χ0v) is 36.7. The number of hydrogen-bond donors (Lipinski definition) is 4. The van der Waals surface area contributed by atoms with E-state index in [4.69, 9.17) is 28.4 Å². The predicted octanol–water partition coefficient (Wildman–Crippen LogP) is 4.14. The molecule has 3 aliphatic carbocycles. The number of benzene rings is 2. The van der Waals surface area contributed by atoms with Gasteiger partial charge in [0.1, 0.15) is 29.5 Å². The summed E-state index contributed by atoms with van der Waals surface area (Å²) in [5, 5.41) is 40.0. The molecule has 0 unspecified atom stereocenters. The second kappa shape index (κ2) is 16.5. The molecule has 1 heterocycles. The maximum atomic E-state index is 15.5. The van der Waals surface area contributed by atoms with E-state index in [0.717, 1.165) is 19.4 Å². The van der Waals surface area contributed by atoms with E-state index < -0.39 is 118 Å². The van der Waals surface area contributed by atoms with Crippen molar-refractivity contribution in [2.45, 2.75) is 142 Å². The van der Waals surface area contributed by atoms with E-state index in [2.05, 4.69) is 5.32 Å². The van der Waals surface area contributed by atoms with E-state index in [9.17, 15) is 39.3 Å². The van der Waals surface area contributed by atoms with Crippen LogP contribution in [0.3, 0.4) is 0 Å². The minimum Gasteiger partial charge on any atom is -0.456 e. The van der Waals surface area contributed by atoms with Gasteiger partial charge in [-0.1, -0.05) is 61.9 Å². The SMILES string of the molecule is CC(=O)O[C@H]1C(=O)[C@@]2(C)[C@H]([C@H](OC(=O)c3ccccc3)[C@]3(O)C[C@H](OC(=O)[C@H](O)[C@@H](NC(=O)OC(C)(C)C)c4ccc(C)cc4)C(C)=C1C3(C)C)[C@]1(OC(C)=O)CO[C@@H]1C[C@@H]2O. The molecular weight excluding hydrogens is 806 g/mol. The second-order valence-corrected chi connectivity index (χ2v) is 18.7. The Morgan fingerprint density at radius 2 is 1.53 bits per heavy atom. The number of rotatable bonds is 9. The van der Waals surface area contributed by atoms with E-state index >= 15 is 4.79 Å². The third kappa shape index (κ3) is 8.01. The van der Waals surface area contributed by atoms with Crippen LogP contribution < -0.4 is 5.32 Å². The highest BCUT2D eigenvalue weighted by Gasteiger charge is 2.78. The molecule has 0 aromatic heterocycles. The van der Waals surface area contributed by atoms with Gasteiger partial charge in [0.2, 0.25) is 0 Å². The fourth-order valence-corrected chi connectivity index (χ4v) is 9.92. The van der Waals surface area contributed by atoms with Gasteiger partial charge in [0.05, 0.1) is 35.6 Å². The van der Waals surface area contributed by atoms with Gasteiger partial charge >= 0.3 is 30.0 Å². The Hall–Kier alpha value is -5.16. The molecule has 4 N–H and O–H groups in total. The highest BCUT2D eigenvalue weighted by Crippen LogP contribution is 2.64. The molecule has 1 aliphatic heterocycles. The van der Waals surface area contributed by atoms with E-state index in [1.807, 2.05) is 6.92 Å². The third-order valence-electron chi connectivity index (χ3n) is 13.1. The van der Waals surface area contributed by atoms with Crippen molar-refractivity contribution in [3.05, 3.63) is 82.4 Å². The average molecular weight is 864 g/mol. The number of esters is 4. The number of ketones is 1. The lowest BCUT2D eigenvalue weighted by Crippen LogP contribution is -2.82. The minimum absolute atomic E-state index is 0.0122. The Labute approximate surface area is 360 Å². The highest BCUT2D eigenvalue weighted by atomic mass is 16.6.